The highest BCUT2D eigenvalue weighted by atomic mass is 35.5. The summed E-state index contributed by atoms with van der Waals surface area (Å²) in [4.78, 5) is 2.18. The summed E-state index contributed by atoms with van der Waals surface area (Å²) in [5.41, 5.74) is 2.00. The maximum atomic E-state index is 9.01. The maximum absolute atomic E-state index is 9.01. The van der Waals surface area contributed by atoms with Gasteiger partial charge in [0.05, 0.1) is 17.8 Å². The lowest BCUT2D eigenvalue weighted by Crippen LogP contribution is -2.27. The van der Waals surface area contributed by atoms with Gasteiger partial charge in [-0.1, -0.05) is 11.6 Å². The molecule has 1 unspecified atom stereocenters. The van der Waals surface area contributed by atoms with E-state index < -0.39 is 0 Å². The number of rotatable bonds is 2. The molecule has 1 saturated heterocycles. The van der Waals surface area contributed by atoms with E-state index in [1.165, 1.54) is 0 Å². The van der Waals surface area contributed by atoms with Gasteiger partial charge in [0.25, 0.3) is 0 Å². The van der Waals surface area contributed by atoms with Gasteiger partial charge in [-0.15, -0.1) is 0 Å². The monoisotopic (exact) mass is 238 g/mol. The minimum Gasteiger partial charge on any atom is -0.284 e. The Morgan fingerprint density at radius 2 is 2.38 bits per heavy atom. The molecule has 0 bridgehead atoms. The fraction of sp³-hybridized carbons (Fsp3) is 0.636. The molecule has 0 N–H and O–H groups in total. The summed E-state index contributed by atoms with van der Waals surface area (Å²) in [5, 5.41) is 14.0. The third kappa shape index (κ3) is 1.93. The second-order valence-electron chi connectivity index (χ2n) is 4.24. The highest BCUT2D eigenvalue weighted by Gasteiger charge is 2.26. The molecule has 0 spiro atoms. The quantitative estimate of drug-likeness (QED) is 0.790. The van der Waals surface area contributed by atoms with Crippen molar-refractivity contribution in [2.45, 2.75) is 32.4 Å². The molecule has 1 aliphatic rings. The average molecular weight is 239 g/mol. The van der Waals surface area contributed by atoms with Crippen molar-refractivity contribution in [1.29, 1.82) is 5.26 Å². The van der Waals surface area contributed by atoms with Crippen LogP contribution in [0.4, 0.5) is 0 Å². The van der Waals surface area contributed by atoms with Crippen molar-refractivity contribution >= 4 is 11.6 Å². The van der Waals surface area contributed by atoms with Gasteiger partial charge in [0.2, 0.25) is 0 Å². The Morgan fingerprint density at radius 3 is 2.94 bits per heavy atom. The van der Waals surface area contributed by atoms with Gasteiger partial charge < -0.3 is 0 Å². The molecule has 1 aliphatic heterocycles. The van der Waals surface area contributed by atoms with E-state index in [2.05, 4.69) is 16.1 Å². The predicted octanol–water partition coefficient (Wildman–Crippen LogP) is 1.87. The summed E-state index contributed by atoms with van der Waals surface area (Å²) >= 11 is 6.17. The van der Waals surface area contributed by atoms with E-state index in [1.54, 1.807) is 4.68 Å². The van der Waals surface area contributed by atoms with Crippen LogP contribution in [0, 0.1) is 18.3 Å². The predicted molar refractivity (Wildman–Crippen MR) is 62.0 cm³/mol. The number of nitriles is 1. The molecule has 5 heteroatoms. The van der Waals surface area contributed by atoms with Crippen LogP contribution in [-0.2, 0) is 13.6 Å². The molecule has 86 valence electrons. The fourth-order valence-electron chi connectivity index (χ4n) is 2.22. The third-order valence-electron chi connectivity index (χ3n) is 3.14. The molecule has 0 saturated carbocycles. The Bertz CT molecular complexity index is 432. The Labute approximate surface area is 100 Å². The van der Waals surface area contributed by atoms with Crippen LogP contribution in [0.3, 0.4) is 0 Å². The Hall–Kier alpha value is -1.05. The zero-order chi connectivity index (χ0) is 11.7. The molecule has 1 fully saturated rings. The maximum Gasteiger partial charge on any atom is 0.131 e. The van der Waals surface area contributed by atoms with E-state index in [9.17, 15) is 0 Å². The number of likely N-dealkylation sites (tertiary alicyclic amines) is 1. The van der Waals surface area contributed by atoms with Gasteiger partial charge in [0, 0.05) is 19.2 Å². The topological polar surface area (TPSA) is 44.9 Å². The number of aryl methyl sites for hydroxylation is 2. The summed E-state index contributed by atoms with van der Waals surface area (Å²) in [6.07, 6.45) is 2.06. The lowest BCUT2D eigenvalue weighted by atomic mass is 10.2. The summed E-state index contributed by atoms with van der Waals surface area (Å²) in [6, 6.07) is 2.37. The highest BCUT2D eigenvalue weighted by Crippen LogP contribution is 2.25. The molecular weight excluding hydrogens is 224 g/mol. The largest absolute Gasteiger partial charge is 0.284 e. The smallest absolute Gasteiger partial charge is 0.131 e. The molecule has 0 radical (unpaired) electrons. The van der Waals surface area contributed by atoms with E-state index >= 15 is 0 Å². The normalized spacial score (nSPS) is 21.2. The van der Waals surface area contributed by atoms with Crippen LogP contribution in [-0.4, -0.2) is 27.3 Å². The fourth-order valence-corrected chi connectivity index (χ4v) is 2.45. The van der Waals surface area contributed by atoms with Gasteiger partial charge in [-0.2, -0.15) is 10.4 Å². The van der Waals surface area contributed by atoms with Crippen molar-refractivity contribution in [3.63, 3.8) is 0 Å². The van der Waals surface area contributed by atoms with Crippen LogP contribution >= 0.6 is 11.6 Å². The van der Waals surface area contributed by atoms with Crippen molar-refractivity contribution in [1.82, 2.24) is 14.7 Å². The zero-order valence-electron chi connectivity index (χ0n) is 9.57. The average Bonchev–Trinajstić information content (AvgIpc) is 2.79. The van der Waals surface area contributed by atoms with Gasteiger partial charge in [-0.25, -0.2) is 0 Å². The van der Waals surface area contributed by atoms with Gasteiger partial charge >= 0.3 is 0 Å². The van der Waals surface area contributed by atoms with Crippen molar-refractivity contribution in [3.8, 4) is 6.07 Å². The van der Waals surface area contributed by atoms with E-state index in [1.807, 2.05) is 14.0 Å². The van der Waals surface area contributed by atoms with Crippen LogP contribution in [0.2, 0.25) is 5.15 Å². The first kappa shape index (κ1) is 11.4. The molecule has 0 amide bonds. The number of nitrogens with zero attached hydrogens (tertiary/aromatic N) is 4. The molecule has 16 heavy (non-hydrogen) atoms. The molecule has 2 heterocycles. The molecule has 1 atom stereocenters. The number of aromatic nitrogens is 2. The Morgan fingerprint density at radius 1 is 1.62 bits per heavy atom. The SMILES string of the molecule is Cc1nn(C)c(Cl)c1CN1CCCC1C#N. The van der Waals surface area contributed by atoms with Crippen LogP contribution in [0.1, 0.15) is 24.1 Å². The first-order valence-electron chi connectivity index (χ1n) is 5.45. The van der Waals surface area contributed by atoms with Crippen molar-refractivity contribution in [2.24, 2.45) is 7.05 Å². The summed E-state index contributed by atoms with van der Waals surface area (Å²) in [7, 11) is 1.84. The van der Waals surface area contributed by atoms with Gasteiger partial charge in [0.15, 0.2) is 0 Å². The molecule has 4 nitrogen and oxygen atoms in total. The second-order valence-corrected chi connectivity index (χ2v) is 4.59. The number of hydrogen-bond donors (Lipinski definition) is 0. The summed E-state index contributed by atoms with van der Waals surface area (Å²) in [5.74, 6) is 0. The molecule has 0 aromatic carbocycles. The van der Waals surface area contributed by atoms with Crippen molar-refractivity contribution in [3.05, 3.63) is 16.4 Å². The first-order chi connectivity index (χ1) is 7.63. The van der Waals surface area contributed by atoms with E-state index in [-0.39, 0.29) is 6.04 Å². The van der Waals surface area contributed by atoms with Crippen LogP contribution in [0.15, 0.2) is 0 Å². The first-order valence-corrected chi connectivity index (χ1v) is 5.83. The molecule has 0 aliphatic carbocycles. The Balaban J connectivity index is 2.18. The minimum absolute atomic E-state index is 0.0377. The van der Waals surface area contributed by atoms with Crippen molar-refractivity contribution in [2.75, 3.05) is 6.54 Å². The van der Waals surface area contributed by atoms with Gasteiger partial charge in [-0.05, 0) is 26.3 Å². The number of hydrogen-bond acceptors (Lipinski definition) is 3. The lowest BCUT2D eigenvalue weighted by Gasteiger charge is -2.18. The minimum atomic E-state index is 0.0377. The van der Waals surface area contributed by atoms with Gasteiger partial charge in [0.1, 0.15) is 5.15 Å². The summed E-state index contributed by atoms with van der Waals surface area (Å²) < 4.78 is 1.68. The summed E-state index contributed by atoms with van der Waals surface area (Å²) in [6.45, 7) is 3.66. The van der Waals surface area contributed by atoms with E-state index in [0.29, 0.717) is 5.15 Å². The van der Waals surface area contributed by atoms with Crippen LogP contribution < -0.4 is 0 Å². The van der Waals surface area contributed by atoms with Crippen LogP contribution in [0.25, 0.3) is 0 Å². The molecule has 1 aromatic rings. The van der Waals surface area contributed by atoms with Gasteiger partial charge in [-0.3, -0.25) is 9.58 Å². The highest BCUT2D eigenvalue weighted by molar-refractivity contribution is 6.30. The zero-order valence-corrected chi connectivity index (χ0v) is 10.3. The standard InChI is InChI=1S/C11H15ClN4/c1-8-10(11(12)15(2)14-8)7-16-5-3-4-9(16)6-13/h9H,3-5,7H2,1-2H3. The van der Waals surface area contributed by atoms with E-state index in [0.717, 1.165) is 37.2 Å². The van der Waals surface area contributed by atoms with Crippen LogP contribution in [0.5, 0.6) is 0 Å². The molecular formula is C11H15ClN4. The lowest BCUT2D eigenvalue weighted by molar-refractivity contribution is 0.286. The molecule has 1 aromatic heterocycles. The second kappa shape index (κ2) is 4.44. The Kier molecular flexibility index (Phi) is 3.17. The van der Waals surface area contributed by atoms with E-state index in [4.69, 9.17) is 16.9 Å². The molecule has 2 rings (SSSR count). The third-order valence-corrected chi connectivity index (χ3v) is 3.62. The van der Waals surface area contributed by atoms with Crippen molar-refractivity contribution < 1.29 is 0 Å². The number of halogens is 1.